The molecular formula is C16H24ClNO2. The highest BCUT2D eigenvalue weighted by atomic mass is 35.5. The van der Waals surface area contributed by atoms with Gasteiger partial charge in [-0.2, -0.15) is 0 Å². The van der Waals surface area contributed by atoms with E-state index in [2.05, 4.69) is 5.32 Å². The predicted molar refractivity (Wildman–Crippen MR) is 82.9 cm³/mol. The van der Waals surface area contributed by atoms with Gasteiger partial charge in [0, 0.05) is 6.04 Å². The minimum Gasteiger partial charge on any atom is -0.493 e. The molecule has 0 heterocycles. The SMILES string of the molecule is CNC(c1cc(Cl)c(OC)c(OC)c1)C1CCCCC1. The van der Waals surface area contributed by atoms with E-state index in [1.165, 1.54) is 37.7 Å². The van der Waals surface area contributed by atoms with Crippen molar-refractivity contribution < 1.29 is 9.47 Å². The van der Waals surface area contributed by atoms with Crippen LogP contribution in [0.2, 0.25) is 5.02 Å². The normalized spacial score (nSPS) is 17.8. The van der Waals surface area contributed by atoms with Crippen LogP contribution in [-0.4, -0.2) is 21.3 Å². The molecule has 0 radical (unpaired) electrons. The molecule has 3 nitrogen and oxygen atoms in total. The van der Waals surface area contributed by atoms with Crippen molar-refractivity contribution >= 4 is 11.6 Å². The maximum atomic E-state index is 6.32. The van der Waals surface area contributed by atoms with Gasteiger partial charge in [-0.3, -0.25) is 0 Å². The zero-order chi connectivity index (χ0) is 14.5. The van der Waals surface area contributed by atoms with Crippen molar-refractivity contribution in [2.45, 2.75) is 38.1 Å². The Labute approximate surface area is 126 Å². The summed E-state index contributed by atoms with van der Waals surface area (Å²) in [5.74, 6) is 1.98. The highest BCUT2D eigenvalue weighted by Gasteiger charge is 2.25. The Morgan fingerprint density at radius 3 is 2.40 bits per heavy atom. The fourth-order valence-electron chi connectivity index (χ4n) is 3.26. The number of hydrogen-bond donors (Lipinski definition) is 1. The Hall–Kier alpha value is -0.930. The third kappa shape index (κ3) is 3.21. The van der Waals surface area contributed by atoms with Gasteiger partial charge in [0.2, 0.25) is 0 Å². The number of hydrogen-bond acceptors (Lipinski definition) is 3. The lowest BCUT2D eigenvalue weighted by Gasteiger charge is -2.31. The number of nitrogens with one attached hydrogen (secondary N) is 1. The van der Waals surface area contributed by atoms with Crippen LogP contribution < -0.4 is 14.8 Å². The van der Waals surface area contributed by atoms with Crippen molar-refractivity contribution in [3.05, 3.63) is 22.7 Å². The van der Waals surface area contributed by atoms with E-state index >= 15 is 0 Å². The van der Waals surface area contributed by atoms with E-state index in [0.29, 0.717) is 28.5 Å². The molecule has 1 N–H and O–H groups in total. The van der Waals surface area contributed by atoms with Crippen molar-refractivity contribution in [3.8, 4) is 11.5 Å². The first-order valence-corrected chi connectivity index (χ1v) is 7.67. The highest BCUT2D eigenvalue weighted by molar-refractivity contribution is 6.32. The molecule has 0 spiro atoms. The van der Waals surface area contributed by atoms with Crippen molar-refractivity contribution in [2.75, 3.05) is 21.3 Å². The standard InChI is InChI=1S/C16H24ClNO2/c1-18-15(11-7-5-4-6-8-11)12-9-13(17)16(20-3)14(10-12)19-2/h9-11,15,18H,4-8H2,1-3H3. The van der Waals surface area contributed by atoms with Crippen LogP contribution in [0.1, 0.15) is 43.7 Å². The molecule has 1 unspecified atom stereocenters. The molecule has 2 rings (SSSR count). The lowest BCUT2D eigenvalue weighted by atomic mass is 9.81. The summed E-state index contributed by atoms with van der Waals surface area (Å²) in [6, 6.07) is 4.37. The molecule has 20 heavy (non-hydrogen) atoms. The number of rotatable bonds is 5. The predicted octanol–water partition coefficient (Wildman–Crippen LogP) is 4.20. The van der Waals surface area contributed by atoms with Crippen LogP contribution in [0.4, 0.5) is 0 Å². The molecule has 1 aromatic carbocycles. The van der Waals surface area contributed by atoms with Crippen molar-refractivity contribution in [1.29, 1.82) is 0 Å². The molecule has 0 aliphatic heterocycles. The van der Waals surface area contributed by atoms with Crippen molar-refractivity contribution in [1.82, 2.24) is 5.32 Å². The minimum atomic E-state index is 0.326. The van der Waals surface area contributed by atoms with Gasteiger partial charge in [0.15, 0.2) is 11.5 Å². The first kappa shape index (κ1) is 15.5. The summed E-state index contributed by atoms with van der Waals surface area (Å²) < 4.78 is 10.7. The number of benzene rings is 1. The molecule has 0 aromatic heterocycles. The average molecular weight is 298 g/mol. The lowest BCUT2D eigenvalue weighted by molar-refractivity contribution is 0.280. The number of halogens is 1. The molecule has 1 aliphatic carbocycles. The zero-order valence-corrected chi connectivity index (χ0v) is 13.3. The quantitative estimate of drug-likeness (QED) is 0.883. The Balaban J connectivity index is 2.31. The fourth-order valence-corrected chi connectivity index (χ4v) is 3.56. The van der Waals surface area contributed by atoms with Gasteiger partial charge in [-0.05, 0) is 43.5 Å². The minimum absolute atomic E-state index is 0.326. The smallest absolute Gasteiger partial charge is 0.179 e. The van der Waals surface area contributed by atoms with Crippen LogP contribution in [0.3, 0.4) is 0 Å². The molecule has 1 aromatic rings. The van der Waals surface area contributed by atoms with Crippen LogP contribution in [-0.2, 0) is 0 Å². The van der Waals surface area contributed by atoms with Gasteiger partial charge in [-0.1, -0.05) is 30.9 Å². The molecule has 0 saturated heterocycles. The van der Waals surface area contributed by atoms with Crippen molar-refractivity contribution in [2.24, 2.45) is 5.92 Å². The van der Waals surface area contributed by atoms with Crippen LogP contribution in [0.25, 0.3) is 0 Å². The Morgan fingerprint density at radius 1 is 1.15 bits per heavy atom. The monoisotopic (exact) mass is 297 g/mol. The van der Waals surface area contributed by atoms with Crippen LogP contribution >= 0.6 is 11.6 Å². The second-order valence-electron chi connectivity index (χ2n) is 5.40. The first-order valence-electron chi connectivity index (χ1n) is 7.30. The Morgan fingerprint density at radius 2 is 1.85 bits per heavy atom. The molecule has 0 amide bonds. The summed E-state index contributed by atoms with van der Waals surface area (Å²) in [5, 5.41) is 4.06. The van der Waals surface area contributed by atoms with E-state index in [9.17, 15) is 0 Å². The van der Waals surface area contributed by atoms with Crippen molar-refractivity contribution in [3.63, 3.8) is 0 Å². The second kappa shape index (κ2) is 7.19. The summed E-state index contributed by atoms with van der Waals surface area (Å²) in [6.45, 7) is 0. The van der Waals surface area contributed by atoms with Gasteiger partial charge in [0.25, 0.3) is 0 Å². The maximum Gasteiger partial charge on any atom is 0.179 e. The molecule has 1 atom stereocenters. The van der Waals surface area contributed by atoms with E-state index in [-0.39, 0.29) is 0 Å². The number of methoxy groups -OCH3 is 2. The Kier molecular flexibility index (Phi) is 5.55. The summed E-state index contributed by atoms with van der Waals surface area (Å²) >= 11 is 6.32. The summed E-state index contributed by atoms with van der Waals surface area (Å²) in [4.78, 5) is 0. The first-order chi connectivity index (χ1) is 9.71. The summed E-state index contributed by atoms with van der Waals surface area (Å²) in [6.07, 6.45) is 6.56. The van der Waals surface area contributed by atoms with Gasteiger partial charge in [0.05, 0.1) is 19.2 Å². The topological polar surface area (TPSA) is 30.5 Å². The molecule has 1 fully saturated rings. The highest BCUT2D eigenvalue weighted by Crippen LogP contribution is 2.41. The Bertz CT molecular complexity index is 444. The van der Waals surface area contributed by atoms with E-state index < -0.39 is 0 Å². The summed E-state index contributed by atoms with van der Waals surface area (Å²) in [5.41, 5.74) is 1.18. The largest absolute Gasteiger partial charge is 0.493 e. The maximum absolute atomic E-state index is 6.32. The molecule has 112 valence electrons. The number of ether oxygens (including phenoxy) is 2. The van der Waals surface area contributed by atoms with E-state index in [0.717, 1.165) is 0 Å². The van der Waals surface area contributed by atoms with Crippen LogP contribution in [0.5, 0.6) is 11.5 Å². The lowest BCUT2D eigenvalue weighted by Crippen LogP contribution is -2.27. The van der Waals surface area contributed by atoms with Gasteiger partial charge in [-0.25, -0.2) is 0 Å². The van der Waals surface area contributed by atoms with Gasteiger partial charge < -0.3 is 14.8 Å². The molecule has 0 bridgehead atoms. The molecular weight excluding hydrogens is 274 g/mol. The zero-order valence-electron chi connectivity index (χ0n) is 12.5. The fraction of sp³-hybridized carbons (Fsp3) is 0.625. The second-order valence-corrected chi connectivity index (χ2v) is 5.81. The van der Waals surface area contributed by atoms with E-state index in [1.807, 2.05) is 19.2 Å². The molecule has 1 aliphatic rings. The third-order valence-electron chi connectivity index (χ3n) is 4.25. The molecule has 1 saturated carbocycles. The average Bonchev–Trinajstić information content (AvgIpc) is 2.48. The van der Waals surface area contributed by atoms with Gasteiger partial charge in [-0.15, -0.1) is 0 Å². The summed E-state index contributed by atoms with van der Waals surface area (Å²) in [7, 11) is 5.27. The van der Waals surface area contributed by atoms with Crippen LogP contribution in [0.15, 0.2) is 12.1 Å². The van der Waals surface area contributed by atoms with Gasteiger partial charge >= 0.3 is 0 Å². The van der Waals surface area contributed by atoms with Gasteiger partial charge in [0.1, 0.15) is 0 Å². The third-order valence-corrected chi connectivity index (χ3v) is 4.53. The van der Waals surface area contributed by atoms with Crippen LogP contribution in [0, 0.1) is 5.92 Å². The van der Waals surface area contributed by atoms with E-state index in [1.54, 1.807) is 14.2 Å². The molecule has 4 heteroatoms. The van der Waals surface area contributed by atoms with E-state index in [4.69, 9.17) is 21.1 Å².